The number of hydrogen-bond donors (Lipinski definition) is 1. The summed E-state index contributed by atoms with van der Waals surface area (Å²) in [7, 11) is 4.54. The molecule has 0 unspecified atom stereocenters. The highest BCUT2D eigenvalue weighted by Gasteiger charge is 2.21. The number of rotatable bonds is 11. The molecule has 1 N–H and O–H groups in total. The quantitative estimate of drug-likeness (QED) is 0.331. The van der Waals surface area contributed by atoms with Gasteiger partial charge in [-0.2, -0.15) is 0 Å². The van der Waals surface area contributed by atoms with Crippen molar-refractivity contribution in [3.8, 4) is 28.4 Å². The van der Waals surface area contributed by atoms with E-state index in [9.17, 15) is 9.59 Å². The van der Waals surface area contributed by atoms with Gasteiger partial charge in [-0.25, -0.2) is 4.98 Å². The second kappa shape index (κ2) is 11.9. The molecular weight excluding hydrogens is 476 g/mol. The summed E-state index contributed by atoms with van der Waals surface area (Å²) in [5.74, 6) is 1.17. The minimum Gasteiger partial charge on any atom is -0.493 e. The number of methoxy groups -OCH3 is 3. The van der Waals surface area contributed by atoms with Crippen molar-refractivity contribution in [1.82, 2.24) is 14.5 Å². The molecule has 2 aromatic heterocycles. The van der Waals surface area contributed by atoms with E-state index in [0.717, 1.165) is 5.56 Å². The Morgan fingerprint density at radius 3 is 2.46 bits per heavy atom. The largest absolute Gasteiger partial charge is 0.493 e. The molecule has 0 bridgehead atoms. The summed E-state index contributed by atoms with van der Waals surface area (Å²) in [5, 5.41) is 2.85. The predicted molar refractivity (Wildman–Crippen MR) is 137 cm³/mol. The van der Waals surface area contributed by atoms with E-state index in [1.807, 2.05) is 42.6 Å². The van der Waals surface area contributed by atoms with Gasteiger partial charge < -0.3 is 23.5 Å². The van der Waals surface area contributed by atoms with E-state index in [4.69, 9.17) is 18.6 Å². The Balaban J connectivity index is 1.64. The van der Waals surface area contributed by atoms with Gasteiger partial charge in [-0.15, -0.1) is 0 Å². The van der Waals surface area contributed by atoms with E-state index in [1.54, 1.807) is 43.1 Å². The van der Waals surface area contributed by atoms with Crippen LogP contribution in [0, 0.1) is 0 Å². The van der Waals surface area contributed by atoms with Gasteiger partial charge in [0.15, 0.2) is 11.5 Å². The van der Waals surface area contributed by atoms with Gasteiger partial charge in [-0.3, -0.25) is 19.5 Å². The number of imidazole rings is 1. The van der Waals surface area contributed by atoms with Gasteiger partial charge in [0.25, 0.3) is 0 Å². The fourth-order valence-electron chi connectivity index (χ4n) is 3.76. The van der Waals surface area contributed by atoms with Crippen LogP contribution in [0.15, 0.2) is 77.5 Å². The molecule has 10 heteroatoms. The van der Waals surface area contributed by atoms with Crippen LogP contribution in [0.1, 0.15) is 5.76 Å². The zero-order valence-electron chi connectivity index (χ0n) is 20.8. The fraction of sp³-hybridized carbons (Fsp3) is 0.222. The van der Waals surface area contributed by atoms with Crippen LogP contribution < -0.4 is 14.8 Å². The second-order valence-corrected chi connectivity index (χ2v) is 8.04. The monoisotopic (exact) mass is 504 g/mol. The first-order valence-electron chi connectivity index (χ1n) is 11.5. The number of amides is 2. The standard InChI is InChI=1S/C27H28N4O6/c1-34-18-26(33)30(15-21-10-7-13-37-21)17-25(32)29-27-28-22(19-8-5-4-6-9-19)16-31(27)20-11-12-23(35-2)24(14-20)36-3/h4-14,16H,15,17-18H2,1-3H3,(H,28,29,32). The number of furan rings is 1. The van der Waals surface area contributed by atoms with Gasteiger partial charge in [0.2, 0.25) is 17.8 Å². The van der Waals surface area contributed by atoms with Gasteiger partial charge in [0.1, 0.15) is 18.9 Å². The number of aromatic nitrogens is 2. The molecule has 0 spiro atoms. The average Bonchev–Trinajstić information content (AvgIpc) is 3.58. The number of nitrogens with one attached hydrogen (secondary N) is 1. The number of ether oxygens (including phenoxy) is 3. The van der Waals surface area contributed by atoms with Gasteiger partial charge >= 0.3 is 0 Å². The Morgan fingerprint density at radius 1 is 1.00 bits per heavy atom. The third-order valence-corrected chi connectivity index (χ3v) is 5.55. The van der Waals surface area contributed by atoms with Gasteiger partial charge in [-0.05, 0) is 24.3 Å². The predicted octanol–water partition coefficient (Wildman–Crippen LogP) is 3.76. The molecule has 4 rings (SSSR count). The Morgan fingerprint density at radius 2 is 1.78 bits per heavy atom. The molecule has 0 aliphatic carbocycles. The molecule has 0 saturated carbocycles. The number of anilines is 1. The van der Waals surface area contributed by atoms with E-state index >= 15 is 0 Å². The van der Waals surface area contributed by atoms with Crippen LogP contribution >= 0.6 is 0 Å². The highest BCUT2D eigenvalue weighted by Crippen LogP contribution is 2.31. The SMILES string of the molecule is COCC(=O)N(CC(=O)Nc1nc(-c2ccccc2)cn1-c1ccc(OC)c(OC)c1)Cc1ccco1. The highest BCUT2D eigenvalue weighted by atomic mass is 16.5. The van der Waals surface area contributed by atoms with Crippen molar-refractivity contribution in [2.24, 2.45) is 0 Å². The zero-order chi connectivity index (χ0) is 26.2. The minimum atomic E-state index is -0.428. The second-order valence-electron chi connectivity index (χ2n) is 8.04. The van der Waals surface area contributed by atoms with Crippen molar-refractivity contribution in [2.75, 3.05) is 39.8 Å². The summed E-state index contributed by atoms with van der Waals surface area (Å²) in [6.45, 7) is -0.253. The van der Waals surface area contributed by atoms with Gasteiger partial charge in [0, 0.05) is 24.9 Å². The van der Waals surface area contributed by atoms with Crippen molar-refractivity contribution in [2.45, 2.75) is 6.54 Å². The van der Waals surface area contributed by atoms with E-state index in [2.05, 4.69) is 10.3 Å². The summed E-state index contributed by atoms with van der Waals surface area (Å²) in [4.78, 5) is 31.8. The van der Waals surface area contributed by atoms with E-state index in [-0.39, 0.29) is 31.6 Å². The molecule has 0 aliphatic heterocycles. The van der Waals surface area contributed by atoms with Crippen molar-refractivity contribution in [1.29, 1.82) is 0 Å². The third-order valence-electron chi connectivity index (χ3n) is 5.55. The van der Waals surface area contributed by atoms with Crippen LogP contribution in [0.3, 0.4) is 0 Å². The Kier molecular flexibility index (Phi) is 8.22. The molecule has 2 aromatic carbocycles. The van der Waals surface area contributed by atoms with Crippen LogP contribution in [0.5, 0.6) is 11.5 Å². The minimum absolute atomic E-state index is 0.127. The van der Waals surface area contributed by atoms with Crippen LogP contribution in [0.25, 0.3) is 16.9 Å². The van der Waals surface area contributed by atoms with Crippen LogP contribution in [0.2, 0.25) is 0 Å². The maximum Gasteiger partial charge on any atom is 0.249 e. The van der Waals surface area contributed by atoms with Crippen LogP contribution in [-0.2, 0) is 20.9 Å². The van der Waals surface area contributed by atoms with Crippen molar-refractivity contribution in [3.05, 3.63) is 78.9 Å². The first-order chi connectivity index (χ1) is 18.0. The first kappa shape index (κ1) is 25.5. The maximum atomic E-state index is 13.1. The van der Waals surface area contributed by atoms with E-state index in [1.165, 1.54) is 18.3 Å². The Labute approximate surface area is 214 Å². The average molecular weight is 505 g/mol. The number of nitrogens with zero attached hydrogens (tertiary/aromatic N) is 3. The van der Waals surface area contributed by atoms with E-state index in [0.29, 0.717) is 28.6 Å². The summed E-state index contributed by atoms with van der Waals surface area (Å²) in [6, 6.07) is 18.5. The van der Waals surface area contributed by atoms with Crippen molar-refractivity contribution < 1.29 is 28.2 Å². The van der Waals surface area contributed by atoms with Crippen LogP contribution in [-0.4, -0.2) is 60.7 Å². The van der Waals surface area contributed by atoms with Gasteiger partial charge in [0.05, 0.1) is 38.4 Å². The fourth-order valence-corrected chi connectivity index (χ4v) is 3.76. The normalized spacial score (nSPS) is 10.7. The molecular formula is C27H28N4O6. The summed E-state index contributed by atoms with van der Waals surface area (Å²) in [6.07, 6.45) is 3.34. The molecule has 37 heavy (non-hydrogen) atoms. The Hall–Kier alpha value is -4.57. The lowest BCUT2D eigenvalue weighted by molar-refractivity contribution is -0.138. The molecule has 4 aromatic rings. The maximum absolute atomic E-state index is 13.1. The molecule has 0 fully saturated rings. The molecule has 192 valence electrons. The van der Waals surface area contributed by atoms with E-state index < -0.39 is 5.91 Å². The smallest absolute Gasteiger partial charge is 0.249 e. The summed E-state index contributed by atoms with van der Waals surface area (Å²) < 4.78 is 22.9. The first-order valence-corrected chi connectivity index (χ1v) is 11.5. The third kappa shape index (κ3) is 6.17. The number of carbonyl (C=O) groups is 2. The lowest BCUT2D eigenvalue weighted by Crippen LogP contribution is -2.39. The number of benzene rings is 2. The Bertz CT molecular complexity index is 1330. The molecule has 0 aliphatic rings. The van der Waals surface area contributed by atoms with Crippen LogP contribution in [0.4, 0.5) is 5.95 Å². The van der Waals surface area contributed by atoms with Gasteiger partial charge in [-0.1, -0.05) is 30.3 Å². The number of hydrogen-bond acceptors (Lipinski definition) is 7. The molecule has 0 atom stereocenters. The molecule has 0 radical (unpaired) electrons. The van der Waals surface area contributed by atoms with Crippen molar-refractivity contribution >= 4 is 17.8 Å². The molecule has 2 heterocycles. The summed E-state index contributed by atoms with van der Waals surface area (Å²) >= 11 is 0. The lowest BCUT2D eigenvalue weighted by atomic mass is 10.2. The summed E-state index contributed by atoms with van der Waals surface area (Å²) in [5.41, 5.74) is 2.24. The lowest BCUT2D eigenvalue weighted by Gasteiger charge is -2.21. The van der Waals surface area contributed by atoms with Crippen molar-refractivity contribution in [3.63, 3.8) is 0 Å². The topological polar surface area (TPSA) is 108 Å². The number of carbonyl (C=O) groups excluding carboxylic acids is 2. The zero-order valence-corrected chi connectivity index (χ0v) is 20.8. The highest BCUT2D eigenvalue weighted by molar-refractivity contribution is 5.94. The molecule has 10 nitrogen and oxygen atoms in total. The molecule has 0 saturated heterocycles. The molecule has 2 amide bonds.